The van der Waals surface area contributed by atoms with Crippen molar-refractivity contribution in [3.05, 3.63) is 64.6 Å². The molecule has 0 atom stereocenters. The van der Waals surface area contributed by atoms with Crippen LogP contribution in [0.5, 0.6) is 5.75 Å². The molecule has 0 spiro atoms. The number of ether oxygens (including phenoxy) is 1. The summed E-state index contributed by atoms with van der Waals surface area (Å²) < 4.78 is 7.98. The van der Waals surface area contributed by atoms with E-state index >= 15 is 0 Å². The minimum absolute atomic E-state index is 0. The van der Waals surface area contributed by atoms with Crippen molar-refractivity contribution in [2.75, 3.05) is 11.9 Å². The Labute approximate surface area is 250 Å². The first-order valence-electron chi connectivity index (χ1n) is 14.3. The third-order valence-electron chi connectivity index (χ3n) is 6.83. The third-order valence-corrected chi connectivity index (χ3v) is 8.12. The molecule has 7 heteroatoms. The number of hydrogen-bond donors (Lipinski definition) is 1. The van der Waals surface area contributed by atoms with Gasteiger partial charge in [0.25, 0.3) is 5.01 Å². The largest absolute Gasteiger partial charge is 1.00 e. The van der Waals surface area contributed by atoms with E-state index in [0.717, 1.165) is 28.2 Å². The van der Waals surface area contributed by atoms with E-state index in [9.17, 15) is 4.79 Å². The average molecular weight is 592 g/mol. The Hall–Kier alpha value is -2.08. The van der Waals surface area contributed by atoms with Crippen molar-refractivity contribution in [3.8, 4) is 16.3 Å². The van der Waals surface area contributed by atoms with Crippen molar-refractivity contribution >= 4 is 34.5 Å². The highest BCUT2D eigenvalue weighted by Gasteiger charge is 2.17. The Morgan fingerprint density at radius 2 is 1.56 bits per heavy atom. The van der Waals surface area contributed by atoms with Gasteiger partial charge in [0, 0.05) is 0 Å². The van der Waals surface area contributed by atoms with Gasteiger partial charge in [-0.15, -0.1) is 0 Å². The van der Waals surface area contributed by atoms with Crippen molar-refractivity contribution in [2.45, 2.75) is 90.4 Å². The minimum Gasteiger partial charge on any atom is -1.00 e. The maximum absolute atomic E-state index is 12.8. The van der Waals surface area contributed by atoms with Crippen LogP contribution in [0.25, 0.3) is 10.6 Å². The Morgan fingerprint density at radius 3 is 2.18 bits per heavy atom. The Morgan fingerprint density at radius 1 is 0.923 bits per heavy atom. The van der Waals surface area contributed by atoms with Crippen molar-refractivity contribution in [2.24, 2.45) is 7.05 Å². The van der Waals surface area contributed by atoms with Crippen LogP contribution >= 0.6 is 22.9 Å². The zero-order valence-corrected chi connectivity index (χ0v) is 25.9. The maximum Gasteiger partial charge on any atom is 0.270 e. The second kappa shape index (κ2) is 19.1. The normalized spacial score (nSPS) is 10.7. The molecule has 3 aromatic rings. The highest BCUT2D eigenvalue weighted by atomic mass is 35.5. The second-order valence-electron chi connectivity index (χ2n) is 10.1. The first kappa shape index (κ1) is 33.1. The molecular formula is C32H44Cl2N2O2S. The topological polar surface area (TPSA) is 42.2 Å². The average Bonchev–Trinajstić information content (AvgIpc) is 3.33. The number of benzene rings is 2. The quantitative estimate of drug-likeness (QED) is 0.142. The molecule has 214 valence electrons. The summed E-state index contributed by atoms with van der Waals surface area (Å²) in [5.41, 5.74) is 2.69. The molecule has 4 nitrogen and oxygen atoms in total. The highest BCUT2D eigenvalue weighted by Crippen LogP contribution is 2.29. The molecule has 1 amide bonds. The first-order chi connectivity index (χ1) is 18.6. The number of aromatic nitrogens is 1. The molecule has 39 heavy (non-hydrogen) atoms. The molecule has 0 saturated heterocycles. The number of hydrogen-bond acceptors (Lipinski definition) is 3. The van der Waals surface area contributed by atoms with Crippen LogP contribution in [0.4, 0.5) is 5.69 Å². The zero-order valence-electron chi connectivity index (χ0n) is 23.5. The second-order valence-corrected chi connectivity index (χ2v) is 11.4. The summed E-state index contributed by atoms with van der Waals surface area (Å²) >= 11 is 8.12. The summed E-state index contributed by atoms with van der Waals surface area (Å²) in [5.74, 6) is 0.618. The predicted molar refractivity (Wildman–Crippen MR) is 161 cm³/mol. The molecule has 0 radical (unpaired) electrons. The van der Waals surface area contributed by atoms with Gasteiger partial charge in [-0.2, -0.15) is 4.57 Å². The van der Waals surface area contributed by atoms with Crippen LogP contribution in [0.2, 0.25) is 5.02 Å². The van der Waals surface area contributed by atoms with Crippen LogP contribution in [0.3, 0.4) is 0 Å². The molecule has 0 aliphatic heterocycles. The summed E-state index contributed by atoms with van der Waals surface area (Å²) in [6, 6.07) is 13.5. The van der Waals surface area contributed by atoms with Crippen molar-refractivity contribution in [1.82, 2.24) is 0 Å². The van der Waals surface area contributed by atoms with E-state index in [1.165, 1.54) is 70.6 Å². The van der Waals surface area contributed by atoms with E-state index in [-0.39, 0.29) is 24.7 Å². The van der Waals surface area contributed by atoms with Crippen LogP contribution in [0, 0.1) is 0 Å². The van der Waals surface area contributed by atoms with Gasteiger partial charge in [-0.05, 0) is 36.2 Å². The van der Waals surface area contributed by atoms with Crippen LogP contribution in [-0.4, -0.2) is 12.5 Å². The molecule has 2 aromatic carbocycles. The number of thiazole rings is 1. The Balaban J connectivity index is 0.00000533. The molecule has 3 rings (SSSR count). The monoisotopic (exact) mass is 590 g/mol. The van der Waals surface area contributed by atoms with E-state index in [4.69, 9.17) is 16.3 Å². The fourth-order valence-corrected chi connectivity index (χ4v) is 5.81. The molecule has 0 unspecified atom stereocenters. The highest BCUT2D eigenvalue weighted by molar-refractivity contribution is 7.12. The van der Waals surface area contributed by atoms with Gasteiger partial charge in [0.15, 0.2) is 6.20 Å². The third kappa shape index (κ3) is 11.9. The molecule has 0 aliphatic rings. The van der Waals surface area contributed by atoms with Gasteiger partial charge < -0.3 is 22.5 Å². The molecule has 1 aromatic heterocycles. The lowest BCUT2D eigenvalue weighted by Gasteiger charge is -2.11. The number of carbonyl (C=O) groups is 1. The van der Waals surface area contributed by atoms with Gasteiger partial charge in [-0.25, -0.2) is 0 Å². The van der Waals surface area contributed by atoms with E-state index < -0.39 is 0 Å². The lowest BCUT2D eigenvalue weighted by Crippen LogP contribution is -3.00. The number of nitrogens with one attached hydrogen (secondary N) is 1. The number of para-hydroxylation sites is 1. The number of nitrogens with zero attached hydrogens (tertiary/aromatic N) is 1. The van der Waals surface area contributed by atoms with E-state index in [1.807, 2.05) is 61.1 Å². The minimum atomic E-state index is -0.0714. The summed E-state index contributed by atoms with van der Waals surface area (Å²) in [5, 5.41) is 6.76. The molecule has 0 saturated carbocycles. The van der Waals surface area contributed by atoms with Gasteiger partial charge in [0.2, 0.25) is 5.91 Å². The van der Waals surface area contributed by atoms with Gasteiger partial charge >= 0.3 is 0 Å². The van der Waals surface area contributed by atoms with E-state index in [1.54, 1.807) is 11.3 Å². The number of aryl methyl sites for hydroxylation is 1. The molecule has 0 aliphatic carbocycles. The standard InChI is InChI=1S/C32H43ClN2O2S.ClH/c1-3-4-5-6-7-8-9-10-11-12-13-16-22-37-30-20-19-26(24-28(30)33)25-31(36)34-29-18-15-14-17-27(29)32-35(2)21-23-38-32;/h14-15,17-21,23-24H,3-13,16,22,25H2,1-2H3;1H. The maximum atomic E-state index is 12.8. The summed E-state index contributed by atoms with van der Waals surface area (Å²) in [7, 11) is 2.01. The van der Waals surface area contributed by atoms with Crippen molar-refractivity contribution < 1.29 is 26.5 Å². The number of carbonyl (C=O) groups excluding carboxylic acids is 1. The fourth-order valence-electron chi connectivity index (χ4n) is 4.65. The number of unbranched alkanes of at least 4 members (excludes halogenated alkanes) is 11. The lowest BCUT2D eigenvalue weighted by molar-refractivity contribution is -0.655. The zero-order chi connectivity index (χ0) is 27.0. The van der Waals surface area contributed by atoms with Crippen molar-refractivity contribution in [1.29, 1.82) is 0 Å². The molecule has 1 N–H and O–H groups in total. The smallest absolute Gasteiger partial charge is 0.270 e. The first-order valence-corrected chi connectivity index (χ1v) is 15.6. The van der Waals surface area contributed by atoms with Gasteiger partial charge in [-0.3, -0.25) is 4.79 Å². The molecule has 0 fully saturated rings. The number of halogens is 2. The summed E-state index contributed by atoms with van der Waals surface area (Å²) in [6.07, 6.45) is 18.2. The van der Waals surface area contributed by atoms with E-state index in [0.29, 0.717) is 17.4 Å². The number of anilines is 1. The SMILES string of the molecule is CCCCCCCCCCCCCCOc1ccc(CC(=O)Nc2ccccc2-c2scc[n+]2C)cc1Cl.[Cl-]. The van der Waals surface area contributed by atoms with Crippen LogP contribution in [0.15, 0.2) is 54.0 Å². The van der Waals surface area contributed by atoms with Crippen LogP contribution in [-0.2, 0) is 18.3 Å². The fraction of sp³-hybridized carbons (Fsp3) is 0.500. The van der Waals surface area contributed by atoms with Gasteiger partial charge in [0.1, 0.15) is 12.8 Å². The van der Waals surface area contributed by atoms with Crippen molar-refractivity contribution in [3.63, 3.8) is 0 Å². The number of rotatable bonds is 18. The molecular weight excluding hydrogens is 547 g/mol. The van der Waals surface area contributed by atoms with Gasteiger partial charge in [-0.1, -0.05) is 119 Å². The Bertz CT molecular complexity index is 1120. The Kier molecular flexibility index (Phi) is 16.2. The van der Waals surface area contributed by atoms with E-state index in [2.05, 4.69) is 16.8 Å². The number of amides is 1. The van der Waals surface area contributed by atoms with Gasteiger partial charge in [0.05, 0.1) is 34.7 Å². The predicted octanol–water partition coefficient (Wildman–Crippen LogP) is 6.16. The lowest BCUT2D eigenvalue weighted by atomic mass is 10.1. The van der Waals surface area contributed by atoms with Crippen LogP contribution < -0.4 is 27.0 Å². The summed E-state index contributed by atoms with van der Waals surface area (Å²) in [4.78, 5) is 12.8. The summed E-state index contributed by atoms with van der Waals surface area (Å²) in [6.45, 7) is 2.95. The molecule has 1 heterocycles. The molecule has 0 bridgehead atoms. The van der Waals surface area contributed by atoms with Crippen LogP contribution in [0.1, 0.15) is 89.5 Å².